The minimum absolute atomic E-state index is 0.862. The maximum absolute atomic E-state index is 4.68. The fraction of sp³-hybridized carbons (Fsp3) is 0.0303. The molecule has 3 nitrogen and oxygen atoms in total. The summed E-state index contributed by atoms with van der Waals surface area (Å²) >= 11 is 1.86. The van der Waals surface area contributed by atoms with Crippen molar-refractivity contribution in [1.29, 1.82) is 0 Å². The molecule has 0 aliphatic carbocycles. The summed E-state index contributed by atoms with van der Waals surface area (Å²) in [5, 5.41) is 15.5. The maximum Gasteiger partial charge on any atom is 0.169 e. The SMILES string of the molecule is Cc1ccc2c(c1)c1ccccc1c1nnc(-c3ccc(-c4cccc5c4sc4ccccc45)cc3)n21. The molecule has 0 N–H and O–H groups in total. The van der Waals surface area contributed by atoms with Crippen LogP contribution in [0.15, 0.2) is 109 Å². The van der Waals surface area contributed by atoms with Gasteiger partial charge in [-0.3, -0.25) is 4.40 Å². The molecule has 0 radical (unpaired) electrons. The van der Waals surface area contributed by atoms with Crippen molar-refractivity contribution in [2.24, 2.45) is 0 Å². The van der Waals surface area contributed by atoms with Crippen LogP contribution >= 0.6 is 11.3 Å². The molecule has 0 unspecified atom stereocenters. The van der Waals surface area contributed by atoms with E-state index in [4.69, 9.17) is 0 Å². The van der Waals surface area contributed by atoms with Crippen LogP contribution in [0.1, 0.15) is 5.56 Å². The van der Waals surface area contributed by atoms with Crippen LogP contribution in [0.3, 0.4) is 0 Å². The molecule has 0 aliphatic heterocycles. The third-order valence-electron chi connectivity index (χ3n) is 7.37. The summed E-state index contributed by atoms with van der Waals surface area (Å²) in [5.74, 6) is 0.862. The first-order valence-electron chi connectivity index (χ1n) is 12.4. The van der Waals surface area contributed by atoms with Gasteiger partial charge in [0.1, 0.15) is 0 Å². The minimum Gasteiger partial charge on any atom is -0.274 e. The van der Waals surface area contributed by atoms with Gasteiger partial charge < -0.3 is 0 Å². The molecule has 8 rings (SSSR count). The van der Waals surface area contributed by atoms with Crippen molar-refractivity contribution in [3.8, 4) is 22.5 Å². The number of aromatic nitrogens is 3. The molecule has 4 heteroatoms. The lowest BCUT2D eigenvalue weighted by Crippen LogP contribution is -1.94. The van der Waals surface area contributed by atoms with Crippen LogP contribution in [0.25, 0.3) is 70.0 Å². The second-order valence-electron chi connectivity index (χ2n) is 9.61. The molecule has 37 heavy (non-hydrogen) atoms. The van der Waals surface area contributed by atoms with E-state index in [2.05, 4.69) is 131 Å². The van der Waals surface area contributed by atoms with Crippen molar-refractivity contribution in [1.82, 2.24) is 14.6 Å². The highest BCUT2D eigenvalue weighted by Crippen LogP contribution is 2.40. The summed E-state index contributed by atoms with van der Waals surface area (Å²) in [4.78, 5) is 0. The van der Waals surface area contributed by atoms with Crippen LogP contribution < -0.4 is 0 Å². The Labute approximate surface area is 217 Å². The van der Waals surface area contributed by atoms with Crippen LogP contribution in [-0.4, -0.2) is 14.6 Å². The van der Waals surface area contributed by atoms with E-state index in [9.17, 15) is 0 Å². The molecule has 8 aromatic rings. The van der Waals surface area contributed by atoms with Gasteiger partial charge in [0, 0.05) is 36.5 Å². The zero-order chi connectivity index (χ0) is 24.5. The number of benzene rings is 5. The van der Waals surface area contributed by atoms with E-state index in [1.807, 2.05) is 11.3 Å². The zero-order valence-corrected chi connectivity index (χ0v) is 21.0. The van der Waals surface area contributed by atoms with Gasteiger partial charge in [-0.25, -0.2) is 0 Å². The molecular weight excluding hydrogens is 470 g/mol. The first kappa shape index (κ1) is 20.6. The molecule has 0 aliphatic rings. The Hall–Kier alpha value is -4.54. The van der Waals surface area contributed by atoms with Gasteiger partial charge in [-0.05, 0) is 41.6 Å². The zero-order valence-electron chi connectivity index (χ0n) is 20.1. The summed E-state index contributed by atoms with van der Waals surface area (Å²) in [7, 11) is 0. The van der Waals surface area contributed by atoms with Crippen LogP contribution in [0.5, 0.6) is 0 Å². The van der Waals surface area contributed by atoms with E-state index >= 15 is 0 Å². The molecule has 0 bridgehead atoms. The van der Waals surface area contributed by atoms with Crippen LogP contribution in [0, 0.1) is 6.92 Å². The molecule has 3 aromatic heterocycles. The lowest BCUT2D eigenvalue weighted by atomic mass is 10.0. The topological polar surface area (TPSA) is 30.2 Å². The Kier molecular flexibility index (Phi) is 4.31. The van der Waals surface area contributed by atoms with Crippen LogP contribution in [0.2, 0.25) is 0 Å². The number of rotatable bonds is 2. The summed E-state index contributed by atoms with van der Waals surface area (Å²) in [6, 6.07) is 39.1. The van der Waals surface area contributed by atoms with Gasteiger partial charge in [0.05, 0.1) is 5.52 Å². The van der Waals surface area contributed by atoms with E-state index in [0.29, 0.717) is 0 Å². The van der Waals surface area contributed by atoms with Crippen LogP contribution in [0.4, 0.5) is 0 Å². The van der Waals surface area contributed by atoms with Crippen LogP contribution in [-0.2, 0) is 0 Å². The fourth-order valence-corrected chi connectivity index (χ4v) is 6.86. The van der Waals surface area contributed by atoms with Crippen molar-refractivity contribution >= 4 is 58.8 Å². The first-order valence-corrected chi connectivity index (χ1v) is 13.3. The third kappa shape index (κ3) is 3.00. The molecular formula is C33H21N3S. The standard InChI is InChI=1S/C33H21N3S/c1-20-13-18-29-28(19-20)24-7-2-3-9-27(24)33-35-34-32(36(29)33)22-16-14-21(15-17-22)23-10-6-11-26-25-8-4-5-12-30(25)37-31(23)26/h2-19H,1H3. The molecule has 0 spiro atoms. The second kappa shape index (κ2) is 7.73. The first-order chi connectivity index (χ1) is 18.3. The molecule has 0 fully saturated rings. The van der Waals surface area contributed by atoms with Gasteiger partial charge in [-0.15, -0.1) is 21.5 Å². The van der Waals surface area contributed by atoms with Gasteiger partial charge in [0.15, 0.2) is 11.5 Å². The number of fused-ring (bicyclic) bond motifs is 9. The number of hydrogen-bond acceptors (Lipinski definition) is 3. The Bertz CT molecular complexity index is 2150. The molecule has 0 amide bonds. The summed E-state index contributed by atoms with van der Waals surface area (Å²) in [5.41, 5.74) is 6.78. The number of nitrogens with zero attached hydrogens (tertiary/aromatic N) is 3. The van der Waals surface area contributed by atoms with Crippen molar-refractivity contribution in [3.63, 3.8) is 0 Å². The quantitative estimate of drug-likeness (QED) is 0.226. The van der Waals surface area contributed by atoms with Gasteiger partial charge in [-0.2, -0.15) is 0 Å². The smallest absolute Gasteiger partial charge is 0.169 e. The molecule has 3 heterocycles. The maximum atomic E-state index is 4.68. The van der Waals surface area contributed by atoms with E-state index in [-0.39, 0.29) is 0 Å². The summed E-state index contributed by atoms with van der Waals surface area (Å²) in [6.45, 7) is 2.14. The van der Waals surface area contributed by atoms with E-state index in [1.54, 1.807) is 0 Å². The lowest BCUT2D eigenvalue weighted by molar-refractivity contribution is 1.12. The number of hydrogen-bond donors (Lipinski definition) is 0. The number of thiophene rings is 1. The summed E-state index contributed by atoms with van der Waals surface area (Å²) < 4.78 is 4.86. The number of pyridine rings is 1. The van der Waals surface area contributed by atoms with E-state index in [1.165, 1.54) is 47.6 Å². The van der Waals surface area contributed by atoms with Crippen molar-refractivity contribution in [3.05, 3.63) is 115 Å². The number of aryl methyl sites for hydroxylation is 1. The third-order valence-corrected chi connectivity index (χ3v) is 8.59. The molecule has 0 atom stereocenters. The van der Waals surface area contributed by atoms with Gasteiger partial charge in [0.2, 0.25) is 0 Å². The van der Waals surface area contributed by atoms with Crippen molar-refractivity contribution < 1.29 is 0 Å². The molecule has 174 valence electrons. The fourth-order valence-electron chi connectivity index (χ4n) is 5.62. The van der Waals surface area contributed by atoms with Gasteiger partial charge in [-0.1, -0.05) is 96.6 Å². The normalized spacial score (nSPS) is 11.9. The lowest BCUT2D eigenvalue weighted by Gasteiger charge is -2.11. The molecule has 5 aromatic carbocycles. The Balaban J connectivity index is 1.33. The Morgan fingerprint density at radius 2 is 1.32 bits per heavy atom. The highest BCUT2D eigenvalue weighted by Gasteiger charge is 2.16. The average molecular weight is 492 g/mol. The monoisotopic (exact) mass is 491 g/mol. The van der Waals surface area contributed by atoms with Gasteiger partial charge >= 0.3 is 0 Å². The predicted molar refractivity (Wildman–Crippen MR) is 156 cm³/mol. The minimum atomic E-state index is 0.862. The highest BCUT2D eigenvalue weighted by atomic mass is 32.1. The van der Waals surface area contributed by atoms with Crippen molar-refractivity contribution in [2.45, 2.75) is 6.92 Å². The van der Waals surface area contributed by atoms with E-state index in [0.717, 1.165) is 27.9 Å². The largest absolute Gasteiger partial charge is 0.274 e. The Morgan fingerprint density at radius 3 is 2.19 bits per heavy atom. The summed E-state index contributed by atoms with van der Waals surface area (Å²) in [6.07, 6.45) is 0. The molecule has 0 saturated heterocycles. The second-order valence-corrected chi connectivity index (χ2v) is 10.7. The highest BCUT2D eigenvalue weighted by molar-refractivity contribution is 7.26. The van der Waals surface area contributed by atoms with E-state index < -0.39 is 0 Å². The average Bonchev–Trinajstić information content (AvgIpc) is 3.56. The predicted octanol–water partition coefficient (Wildman–Crippen LogP) is 9.05. The molecule has 0 saturated carbocycles. The Morgan fingerprint density at radius 1 is 0.595 bits per heavy atom. The van der Waals surface area contributed by atoms with Crippen molar-refractivity contribution in [2.75, 3.05) is 0 Å². The van der Waals surface area contributed by atoms with Gasteiger partial charge in [0.25, 0.3) is 0 Å².